The van der Waals surface area contributed by atoms with Gasteiger partial charge in [0.15, 0.2) is 6.10 Å². The van der Waals surface area contributed by atoms with E-state index in [1.165, 1.54) is 122 Å². The van der Waals surface area contributed by atoms with Crippen molar-refractivity contribution in [3.63, 3.8) is 0 Å². The van der Waals surface area contributed by atoms with Crippen LogP contribution in [0.3, 0.4) is 0 Å². The maximum atomic E-state index is 12.5. The second-order valence-electron chi connectivity index (χ2n) is 14.1. The van der Waals surface area contributed by atoms with Crippen molar-refractivity contribution in [2.45, 2.75) is 193 Å². The molecule has 0 aromatic heterocycles. The summed E-state index contributed by atoms with van der Waals surface area (Å²) in [5.74, 6) is 1.08. The molecule has 0 bridgehead atoms. The Labute approximate surface area is 294 Å². The van der Waals surface area contributed by atoms with E-state index in [9.17, 15) is 19.0 Å². The van der Waals surface area contributed by atoms with Gasteiger partial charge in [-0.05, 0) is 31.1 Å². The van der Waals surface area contributed by atoms with Crippen LogP contribution in [-0.2, 0) is 32.7 Å². The standard InChI is InChI=1S/C38H74NO8P/c1-3-5-7-9-10-11-12-13-14-15-16-19-23-27-37(40)44-32-36(33-46-48(42,43)45-30-29-39)47-38(41)28-24-20-17-18-22-26-35-31-34(35)25-21-8-6-4-2/h34-36H,3-33,39H2,1-2H3,(H,42,43)/t34?,35?,36-/m1/s1. The molecule has 1 fully saturated rings. The van der Waals surface area contributed by atoms with Crippen LogP contribution in [0.1, 0.15) is 187 Å². The molecule has 9 nitrogen and oxygen atoms in total. The molecule has 4 atom stereocenters. The number of carbonyl (C=O) groups is 2. The fourth-order valence-corrected chi connectivity index (χ4v) is 7.13. The molecule has 0 aromatic carbocycles. The van der Waals surface area contributed by atoms with E-state index in [0.29, 0.717) is 6.42 Å². The van der Waals surface area contributed by atoms with Gasteiger partial charge in [-0.1, -0.05) is 155 Å². The molecule has 0 spiro atoms. The van der Waals surface area contributed by atoms with Crippen molar-refractivity contribution < 1.29 is 43.3 Å². The van der Waals surface area contributed by atoms with E-state index in [1.54, 1.807) is 0 Å². The highest BCUT2D eigenvalue weighted by molar-refractivity contribution is 7.45. The zero-order valence-corrected chi connectivity index (χ0v) is 32.0. The van der Waals surface area contributed by atoms with E-state index in [-0.39, 0.29) is 38.6 Å². The molecule has 3 unspecified atom stereocenters. The average Bonchev–Trinajstić information content (AvgIpc) is 3.82. The maximum absolute atomic E-state index is 12.5. The first-order valence-corrected chi connectivity index (χ1v) is 21.5. The number of esters is 2. The number of unbranched alkanes of at least 4 members (excludes halogenated alkanes) is 19. The van der Waals surface area contributed by atoms with E-state index in [4.69, 9.17) is 18.5 Å². The molecule has 0 amide bonds. The molecule has 284 valence electrons. The van der Waals surface area contributed by atoms with Gasteiger partial charge in [0, 0.05) is 12.8 Å². The van der Waals surface area contributed by atoms with Crippen molar-refractivity contribution in [2.24, 2.45) is 11.8 Å². The van der Waals surface area contributed by atoms with Crippen LogP contribution < -0.4 is 10.6 Å². The van der Waals surface area contributed by atoms with Crippen LogP contribution in [0.2, 0.25) is 0 Å². The average molecular weight is 704 g/mol. The van der Waals surface area contributed by atoms with Gasteiger partial charge < -0.3 is 29.1 Å². The van der Waals surface area contributed by atoms with Gasteiger partial charge in [-0.25, -0.2) is 0 Å². The number of hydrogen-bond acceptors (Lipinski definition) is 8. The van der Waals surface area contributed by atoms with Gasteiger partial charge >= 0.3 is 11.9 Å². The number of rotatable bonds is 36. The van der Waals surface area contributed by atoms with Crippen molar-refractivity contribution in [3.05, 3.63) is 0 Å². The number of carbonyl (C=O) groups excluding carboxylic acids is 2. The molecule has 10 heteroatoms. The summed E-state index contributed by atoms with van der Waals surface area (Å²) < 4.78 is 32.5. The molecule has 48 heavy (non-hydrogen) atoms. The minimum atomic E-state index is -4.57. The monoisotopic (exact) mass is 704 g/mol. The zero-order valence-electron chi connectivity index (χ0n) is 31.1. The predicted molar refractivity (Wildman–Crippen MR) is 191 cm³/mol. The van der Waals surface area contributed by atoms with Crippen LogP contribution in [0.5, 0.6) is 0 Å². The summed E-state index contributed by atoms with van der Waals surface area (Å²) in [7, 11) is -4.57. The Morgan fingerprint density at radius 2 is 1.08 bits per heavy atom. The number of phosphoric ester groups is 1. The molecule has 0 aliphatic heterocycles. The van der Waals surface area contributed by atoms with Gasteiger partial charge in [0.1, 0.15) is 13.2 Å². The van der Waals surface area contributed by atoms with Crippen LogP contribution in [0.4, 0.5) is 0 Å². The van der Waals surface area contributed by atoms with Crippen molar-refractivity contribution in [1.29, 1.82) is 0 Å². The lowest BCUT2D eigenvalue weighted by Crippen LogP contribution is -2.52. The number of ether oxygens (including phenoxy) is 2. The van der Waals surface area contributed by atoms with Gasteiger partial charge in [-0.3, -0.25) is 14.2 Å². The Bertz CT molecular complexity index is 829. The Morgan fingerprint density at radius 1 is 0.646 bits per heavy atom. The van der Waals surface area contributed by atoms with E-state index in [1.807, 2.05) is 0 Å². The quantitative estimate of drug-likeness (QED) is 0.0388. The van der Waals surface area contributed by atoms with Crippen LogP contribution >= 0.6 is 7.82 Å². The second-order valence-corrected chi connectivity index (χ2v) is 15.5. The summed E-state index contributed by atoms with van der Waals surface area (Å²) in [4.78, 5) is 36.9. The Kier molecular flexibility index (Phi) is 28.9. The summed E-state index contributed by atoms with van der Waals surface area (Å²) in [5.41, 5.74) is 3.55. The molecule has 0 radical (unpaired) electrons. The normalized spacial score (nSPS) is 17.6. The molecule has 1 aliphatic carbocycles. The molecular weight excluding hydrogens is 629 g/mol. The highest BCUT2D eigenvalue weighted by Crippen LogP contribution is 2.45. The summed E-state index contributed by atoms with van der Waals surface area (Å²) in [6.07, 6.45) is 30.2. The lowest BCUT2D eigenvalue weighted by molar-refractivity contribution is -0.373. The van der Waals surface area contributed by atoms with Crippen LogP contribution in [0, 0.1) is 11.8 Å². The Hall–Kier alpha value is -0.990. The van der Waals surface area contributed by atoms with Gasteiger partial charge in [-0.2, -0.15) is 0 Å². The zero-order chi connectivity index (χ0) is 35.1. The predicted octanol–water partition coefficient (Wildman–Crippen LogP) is 9.00. The van der Waals surface area contributed by atoms with E-state index >= 15 is 0 Å². The largest absolute Gasteiger partial charge is 0.756 e. The minimum Gasteiger partial charge on any atom is -0.756 e. The first-order valence-electron chi connectivity index (χ1n) is 20.1. The summed E-state index contributed by atoms with van der Waals surface area (Å²) in [6.45, 7) is 3.97. The molecule has 1 saturated carbocycles. The Balaban J connectivity index is 2.20. The van der Waals surface area contributed by atoms with Crippen LogP contribution in [0.25, 0.3) is 0 Å². The van der Waals surface area contributed by atoms with Crippen molar-refractivity contribution in [2.75, 3.05) is 26.4 Å². The van der Waals surface area contributed by atoms with E-state index in [0.717, 1.165) is 43.9 Å². The topological polar surface area (TPSA) is 139 Å². The Morgan fingerprint density at radius 3 is 1.58 bits per heavy atom. The van der Waals surface area contributed by atoms with Gasteiger partial charge in [0.25, 0.3) is 7.82 Å². The molecule has 0 saturated heterocycles. The summed E-state index contributed by atoms with van der Waals surface area (Å²) in [5, 5.41) is 0. The summed E-state index contributed by atoms with van der Waals surface area (Å²) in [6, 6.07) is 0. The highest BCUT2D eigenvalue weighted by atomic mass is 31.2. The lowest BCUT2D eigenvalue weighted by Gasteiger charge is -2.25. The van der Waals surface area contributed by atoms with Crippen molar-refractivity contribution in [1.82, 2.24) is 0 Å². The van der Waals surface area contributed by atoms with Crippen molar-refractivity contribution >= 4 is 19.8 Å². The van der Waals surface area contributed by atoms with Gasteiger partial charge in [-0.15, -0.1) is 0 Å². The van der Waals surface area contributed by atoms with Gasteiger partial charge in [0.2, 0.25) is 0 Å². The molecular formula is C38H74NO8P. The molecule has 1 rings (SSSR count). The first kappa shape index (κ1) is 45.0. The fourth-order valence-electron chi connectivity index (χ4n) is 6.35. The number of quaternary nitrogens is 1. The summed E-state index contributed by atoms with van der Waals surface area (Å²) >= 11 is 0. The number of hydrogen-bond donors (Lipinski definition) is 1. The minimum absolute atomic E-state index is 0.0976. The third-order valence-corrected chi connectivity index (χ3v) is 10.4. The third kappa shape index (κ3) is 27.8. The maximum Gasteiger partial charge on any atom is 0.306 e. The molecule has 1 aliphatic rings. The fraction of sp³-hybridized carbons (Fsp3) is 0.947. The first-order chi connectivity index (χ1) is 23.3. The van der Waals surface area contributed by atoms with Crippen molar-refractivity contribution in [3.8, 4) is 0 Å². The van der Waals surface area contributed by atoms with Gasteiger partial charge in [0.05, 0.1) is 13.2 Å². The SMILES string of the molecule is CCCCCCCCCCCCCCCC(=O)OC[C@H](COP(=O)([O-])OCC[NH3+])OC(=O)CCCCCCCC1CC1CCCCCC. The lowest BCUT2D eigenvalue weighted by atomic mass is 10.0. The smallest absolute Gasteiger partial charge is 0.306 e. The van der Waals surface area contributed by atoms with E-state index < -0.39 is 26.5 Å². The second kappa shape index (κ2) is 30.8. The molecule has 0 aromatic rings. The number of phosphoric acid groups is 1. The van der Waals surface area contributed by atoms with Crippen LogP contribution in [0.15, 0.2) is 0 Å². The van der Waals surface area contributed by atoms with E-state index in [2.05, 4.69) is 19.6 Å². The highest BCUT2D eigenvalue weighted by Gasteiger charge is 2.35. The third-order valence-electron chi connectivity index (χ3n) is 9.48. The molecule has 3 N–H and O–H groups in total. The van der Waals surface area contributed by atoms with Crippen LogP contribution in [-0.4, -0.2) is 44.4 Å². The molecule has 0 heterocycles.